The predicted molar refractivity (Wildman–Crippen MR) is 81.2 cm³/mol. The average Bonchev–Trinajstić information content (AvgIpc) is 2.32. The quantitative estimate of drug-likeness (QED) is 0.642. The van der Waals surface area contributed by atoms with Crippen molar-refractivity contribution in [2.45, 2.75) is 64.8 Å². The summed E-state index contributed by atoms with van der Waals surface area (Å²) in [4.78, 5) is 0. The van der Waals surface area contributed by atoms with Crippen molar-refractivity contribution in [3.05, 3.63) is 0 Å². The van der Waals surface area contributed by atoms with Crippen LogP contribution >= 0.6 is 0 Å². The molecule has 2 atom stereocenters. The van der Waals surface area contributed by atoms with Crippen LogP contribution in [0.15, 0.2) is 0 Å². The SMILES string of the molecule is CCCC(CO[C@@H](C)C(F)(F)F)CC(C)(C)N(C)S(C)(=O)=O. The topological polar surface area (TPSA) is 46.6 Å². The van der Waals surface area contributed by atoms with Gasteiger partial charge in [-0.05, 0) is 39.5 Å². The minimum atomic E-state index is -4.38. The van der Waals surface area contributed by atoms with Gasteiger partial charge in [0.1, 0.15) is 0 Å². The van der Waals surface area contributed by atoms with Gasteiger partial charge in [0.2, 0.25) is 10.0 Å². The molecule has 0 amide bonds. The van der Waals surface area contributed by atoms with Crippen LogP contribution in [0.1, 0.15) is 47.0 Å². The van der Waals surface area contributed by atoms with Gasteiger partial charge in [-0.15, -0.1) is 0 Å². The van der Waals surface area contributed by atoms with Crippen LogP contribution in [0.3, 0.4) is 0 Å². The van der Waals surface area contributed by atoms with Gasteiger partial charge in [0.15, 0.2) is 6.10 Å². The molecule has 0 aromatic rings. The molecular weight excluding hydrogens is 319 g/mol. The number of alkyl halides is 3. The summed E-state index contributed by atoms with van der Waals surface area (Å²) < 4.78 is 67.0. The number of rotatable bonds is 9. The molecule has 0 radical (unpaired) electrons. The summed E-state index contributed by atoms with van der Waals surface area (Å²) in [7, 11) is -1.88. The third-order valence-electron chi connectivity index (χ3n) is 3.88. The molecule has 0 saturated heterocycles. The fraction of sp³-hybridized carbons (Fsp3) is 1.00. The van der Waals surface area contributed by atoms with Gasteiger partial charge < -0.3 is 4.74 Å². The standard InChI is InChI=1S/C14H28F3NO3S/c1-7-8-12(10-21-11(2)14(15,16)17)9-13(3,4)18(5)22(6,19)20/h11-12H,7-10H2,1-6H3/t11-,12?/m0/s1. The molecule has 0 bridgehead atoms. The molecule has 0 N–H and O–H groups in total. The van der Waals surface area contributed by atoms with E-state index in [4.69, 9.17) is 4.74 Å². The van der Waals surface area contributed by atoms with E-state index in [9.17, 15) is 21.6 Å². The van der Waals surface area contributed by atoms with E-state index in [1.165, 1.54) is 11.4 Å². The molecule has 134 valence electrons. The van der Waals surface area contributed by atoms with Crippen LogP contribution in [-0.2, 0) is 14.8 Å². The third-order valence-corrected chi connectivity index (χ3v) is 5.37. The molecule has 0 rings (SSSR count). The first kappa shape index (κ1) is 21.7. The molecule has 0 fully saturated rings. The summed E-state index contributed by atoms with van der Waals surface area (Å²) in [6, 6.07) is 0. The van der Waals surface area contributed by atoms with Crippen molar-refractivity contribution < 1.29 is 26.3 Å². The van der Waals surface area contributed by atoms with E-state index in [2.05, 4.69) is 0 Å². The van der Waals surface area contributed by atoms with Gasteiger partial charge in [-0.1, -0.05) is 13.3 Å². The van der Waals surface area contributed by atoms with Crippen molar-refractivity contribution in [3.8, 4) is 0 Å². The lowest BCUT2D eigenvalue weighted by Crippen LogP contribution is -2.46. The van der Waals surface area contributed by atoms with Crippen LogP contribution in [0.25, 0.3) is 0 Å². The van der Waals surface area contributed by atoms with Crippen molar-refractivity contribution in [1.29, 1.82) is 0 Å². The Morgan fingerprint density at radius 1 is 1.23 bits per heavy atom. The first-order valence-corrected chi connectivity index (χ1v) is 9.19. The second-order valence-corrected chi connectivity index (χ2v) is 8.43. The minimum absolute atomic E-state index is 0.0322. The highest BCUT2D eigenvalue weighted by atomic mass is 32.2. The van der Waals surface area contributed by atoms with Gasteiger partial charge in [0, 0.05) is 12.6 Å². The maximum atomic E-state index is 12.5. The Morgan fingerprint density at radius 2 is 1.73 bits per heavy atom. The van der Waals surface area contributed by atoms with Crippen molar-refractivity contribution in [2.75, 3.05) is 19.9 Å². The lowest BCUT2D eigenvalue weighted by molar-refractivity contribution is -0.217. The van der Waals surface area contributed by atoms with Crippen LogP contribution in [0, 0.1) is 5.92 Å². The Morgan fingerprint density at radius 3 is 2.09 bits per heavy atom. The highest BCUT2D eigenvalue weighted by Gasteiger charge is 2.38. The maximum absolute atomic E-state index is 12.5. The van der Waals surface area contributed by atoms with Crippen molar-refractivity contribution >= 4 is 10.0 Å². The average molecular weight is 347 g/mol. The number of halogens is 3. The van der Waals surface area contributed by atoms with E-state index in [1.807, 2.05) is 6.92 Å². The van der Waals surface area contributed by atoms with Gasteiger partial charge in [-0.25, -0.2) is 8.42 Å². The molecule has 0 heterocycles. The molecule has 0 aliphatic carbocycles. The molecule has 0 aliphatic rings. The molecule has 0 spiro atoms. The third kappa shape index (κ3) is 7.28. The van der Waals surface area contributed by atoms with Crippen LogP contribution < -0.4 is 0 Å². The number of sulfonamides is 1. The number of nitrogens with zero attached hydrogens (tertiary/aromatic N) is 1. The molecule has 1 unspecified atom stereocenters. The smallest absolute Gasteiger partial charge is 0.369 e. The molecular formula is C14H28F3NO3S. The summed E-state index contributed by atoms with van der Waals surface area (Å²) in [5.74, 6) is -0.131. The fourth-order valence-electron chi connectivity index (χ4n) is 2.31. The van der Waals surface area contributed by atoms with Crippen LogP contribution in [0.4, 0.5) is 13.2 Å². The molecule has 0 aromatic heterocycles. The lowest BCUT2D eigenvalue weighted by Gasteiger charge is -2.37. The summed E-state index contributed by atoms with van der Waals surface area (Å²) >= 11 is 0. The Balaban J connectivity index is 4.84. The van der Waals surface area contributed by atoms with E-state index >= 15 is 0 Å². The highest BCUT2D eigenvalue weighted by molar-refractivity contribution is 7.88. The zero-order valence-electron chi connectivity index (χ0n) is 14.2. The predicted octanol–water partition coefficient (Wildman–Crippen LogP) is 3.43. The maximum Gasteiger partial charge on any atom is 0.414 e. The minimum Gasteiger partial charge on any atom is -0.369 e. The number of ether oxygens (including phenoxy) is 1. The number of hydrogen-bond acceptors (Lipinski definition) is 3. The van der Waals surface area contributed by atoms with Crippen LogP contribution in [-0.4, -0.2) is 50.5 Å². The Bertz CT molecular complexity index is 435. The molecule has 0 saturated carbocycles. The molecule has 0 aliphatic heterocycles. The van der Waals surface area contributed by atoms with E-state index in [-0.39, 0.29) is 12.5 Å². The van der Waals surface area contributed by atoms with Crippen LogP contribution in [0.5, 0.6) is 0 Å². The monoisotopic (exact) mass is 347 g/mol. The largest absolute Gasteiger partial charge is 0.414 e. The van der Waals surface area contributed by atoms with Crippen molar-refractivity contribution in [3.63, 3.8) is 0 Å². The Labute approximate surface area is 132 Å². The second-order valence-electron chi connectivity index (χ2n) is 6.42. The van der Waals surface area contributed by atoms with Gasteiger partial charge >= 0.3 is 6.18 Å². The highest BCUT2D eigenvalue weighted by Crippen LogP contribution is 2.29. The summed E-state index contributed by atoms with van der Waals surface area (Å²) in [6.45, 7) is 6.42. The molecule has 22 heavy (non-hydrogen) atoms. The van der Waals surface area contributed by atoms with Crippen LogP contribution in [0.2, 0.25) is 0 Å². The molecule has 4 nitrogen and oxygen atoms in total. The van der Waals surface area contributed by atoms with Crippen molar-refractivity contribution in [1.82, 2.24) is 4.31 Å². The zero-order chi connectivity index (χ0) is 17.8. The number of hydrogen-bond donors (Lipinski definition) is 0. The second kappa shape index (κ2) is 7.97. The Kier molecular flexibility index (Phi) is 7.84. The first-order valence-electron chi connectivity index (χ1n) is 7.34. The normalized spacial score (nSPS) is 16.8. The summed E-state index contributed by atoms with van der Waals surface area (Å²) in [6.07, 6.45) is -3.16. The summed E-state index contributed by atoms with van der Waals surface area (Å²) in [5, 5.41) is 0. The summed E-state index contributed by atoms with van der Waals surface area (Å²) in [5.41, 5.74) is -0.682. The van der Waals surface area contributed by atoms with E-state index < -0.39 is 27.8 Å². The van der Waals surface area contributed by atoms with Gasteiger partial charge in [0.25, 0.3) is 0 Å². The van der Waals surface area contributed by atoms with E-state index in [1.54, 1.807) is 13.8 Å². The zero-order valence-corrected chi connectivity index (χ0v) is 15.0. The molecule has 0 aromatic carbocycles. The first-order chi connectivity index (χ1) is 9.71. The lowest BCUT2D eigenvalue weighted by atomic mass is 9.88. The van der Waals surface area contributed by atoms with Gasteiger partial charge in [-0.2, -0.15) is 17.5 Å². The van der Waals surface area contributed by atoms with E-state index in [0.717, 1.165) is 19.6 Å². The fourth-order valence-corrected chi connectivity index (χ4v) is 3.28. The molecule has 8 heteroatoms. The Hall–Kier alpha value is -0.340. The van der Waals surface area contributed by atoms with Gasteiger partial charge in [0.05, 0.1) is 12.9 Å². The van der Waals surface area contributed by atoms with E-state index in [0.29, 0.717) is 12.8 Å². The van der Waals surface area contributed by atoms with Gasteiger partial charge in [-0.3, -0.25) is 0 Å². The van der Waals surface area contributed by atoms with Crippen molar-refractivity contribution in [2.24, 2.45) is 5.92 Å².